The van der Waals surface area contributed by atoms with Crippen LogP contribution in [0.5, 0.6) is 11.5 Å². The summed E-state index contributed by atoms with van der Waals surface area (Å²) in [6, 6.07) is 18.0. The SMILES string of the molecule is COc1cc(S(=O)(=O)N2C[C@H](CCC(=O)c3cccc(C(=O)O)c3)Oc3ccc(/C=C(\C)c4c(F)cccc4Cl)cc32)ccc1F. The number of carboxylic acid groups (broad SMARTS) is 1. The Hall–Kier alpha value is -4.74. The number of ketones is 1. The Balaban J connectivity index is 1.50. The summed E-state index contributed by atoms with van der Waals surface area (Å²) in [6.07, 6.45) is 0.953. The first-order chi connectivity index (χ1) is 21.9. The number of aromatic carboxylic acids is 1. The highest BCUT2D eigenvalue weighted by Gasteiger charge is 2.35. The Kier molecular flexibility index (Phi) is 9.45. The van der Waals surface area contributed by atoms with Gasteiger partial charge < -0.3 is 14.6 Å². The van der Waals surface area contributed by atoms with Crippen LogP contribution in [0.1, 0.15) is 51.6 Å². The Labute approximate surface area is 269 Å². The number of nitrogens with zero attached hydrogens (tertiary/aromatic N) is 1. The van der Waals surface area contributed by atoms with Crippen molar-refractivity contribution in [1.29, 1.82) is 0 Å². The fourth-order valence-electron chi connectivity index (χ4n) is 5.18. The van der Waals surface area contributed by atoms with E-state index in [0.29, 0.717) is 11.1 Å². The minimum Gasteiger partial charge on any atom is -0.494 e. The predicted molar refractivity (Wildman–Crippen MR) is 170 cm³/mol. The quantitative estimate of drug-likeness (QED) is 0.138. The van der Waals surface area contributed by atoms with Gasteiger partial charge in [-0.1, -0.05) is 41.9 Å². The van der Waals surface area contributed by atoms with E-state index in [-0.39, 0.29) is 69.0 Å². The molecular formula is C34H28ClF2NO7S. The molecule has 1 aliphatic rings. The molecule has 0 saturated heterocycles. The largest absolute Gasteiger partial charge is 0.494 e. The summed E-state index contributed by atoms with van der Waals surface area (Å²) in [4.78, 5) is 24.1. The van der Waals surface area contributed by atoms with Crippen molar-refractivity contribution in [3.05, 3.63) is 118 Å². The van der Waals surface area contributed by atoms with Crippen LogP contribution in [0.25, 0.3) is 11.6 Å². The number of carbonyl (C=O) groups excluding carboxylic acids is 1. The van der Waals surface area contributed by atoms with Crippen LogP contribution in [-0.4, -0.2) is 45.0 Å². The third-order valence-electron chi connectivity index (χ3n) is 7.49. The van der Waals surface area contributed by atoms with Crippen molar-refractivity contribution in [3.8, 4) is 11.5 Å². The van der Waals surface area contributed by atoms with Crippen LogP contribution in [0.3, 0.4) is 0 Å². The van der Waals surface area contributed by atoms with Crippen molar-refractivity contribution < 1.29 is 41.4 Å². The van der Waals surface area contributed by atoms with Gasteiger partial charge >= 0.3 is 5.97 Å². The number of methoxy groups -OCH3 is 1. The van der Waals surface area contributed by atoms with Crippen LogP contribution in [0.2, 0.25) is 5.02 Å². The van der Waals surface area contributed by atoms with Crippen LogP contribution in [0.15, 0.2) is 83.8 Å². The molecule has 1 aliphatic heterocycles. The van der Waals surface area contributed by atoms with Crippen LogP contribution in [-0.2, 0) is 10.0 Å². The second kappa shape index (κ2) is 13.3. The van der Waals surface area contributed by atoms with Crippen LogP contribution < -0.4 is 13.8 Å². The molecule has 0 fully saturated rings. The second-order valence-electron chi connectivity index (χ2n) is 10.6. The third-order valence-corrected chi connectivity index (χ3v) is 9.58. The van der Waals surface area contributed by atoms with Crippen LogP contribution >= 0.6 is 11.6 Å². The molecule has 1 atom stereocenters. The van der Waals surface area contributed by atoms with Crippen LogP contribution in [0.4, 0.5) is 14.5 Å². The minimum absolute atomic E-state index is 0.0296. The van der Waals surface area contributed by atoms with E-state index in [4.69, 9.17) is 21.1 Å². The summed E-state index contributed by atoms with van der Waals surface area (Å²) in [5.74, 6) is -2.78. The van der Waals surface area contributed by atoms with Crippen molar-refractivity contribution >= 4 is 50.7 Å². The van der Waals surface area contributed by atoms with Crippen molar-refractivity contribution in [3.63, 3.8) is 0 Å². The number of carbonyl (C=O) groups is 2. The molecule has 0 aromatic heterocycles. The number of hydrogen-bond acceptors (Lipinski definition) is 6. The monoisotopic (exact) mass is 667 g/mol. The Bertz CT molecular complexity index is 1960. The molecule has 0 spiro atoms. The zero-order valence-electron chi connectivity index (χ0n) is 24.7. The van der Waals surface area contributed by atoms with E-state index >= 15 is 0 Å². The van der Waals surface area contributed by atoms with E-state index in [1.54, 1.807) is 37.3 Å². The molecule has 8 nitrogen and oxygen atoms in total. The standard InChI is InChI=1S/C34H28ClF2NO7S/c1-20(33-26(35)7-4-8-28(33)37)15-21-9-14-31-29(16-21)38(46(42,43)25-11-12-27(36)32(18-25)44-2)19-24(45-31)10-13-30(39)22-5-3-6-23(17-22)34(40)41/h3-9,11-12,14-18,24H,10,13,19H2,1-2H3,(H,40,41)/b20-15+/t24-/m0/s1. The molecule has 0 unspecified atom stereocenters. The third kappa shape index (κ3) is 6.75. The van der Waals surface area contributed by atoms with E-state index in [1.165, 1.54) is 43.5 Å². The van der Waals surface area contributed by atoms with E-state index in [1.807, 2.05) is 0 Å². The van der Waals surface area contributed by atoms with Gasteiger partial charge in [-0.05, 0) is 73.0 Å². The molecule has 1 heterocycles. The molecular weight excluding hydrogens is 640 g/mol. The van der Waals surface area contributed by atoms with Gasteiger partial charge in [0.2, 0.25) is 0 Å². The van der Waals surface area contributed by atoms with E-state index in [9.17, 15) is 31.9 Å². The van der Waals surface area contributed by atoms with Crippen molar-refractivity contribution in [2.24, 2.45) is 0 Å². The van der Waals surface area contributed by atoms with Gasteiger partial charge in [0.1, 0.15) is 17.7 Å². The van der Waals surface area contributed by atoms with Gasteiger partial charge in [-0.2, -0.15) is 0 Å². The van der Waals surface area contributed by atoms with Crippen molar-refractivity contribution in [2.45, 2.75) is 30.8 Å². The highest BCUT2D eigenvalue weighted by atomic mass is 35.5. The summed E-state index contributed by atoms with van der Waals surface area (Å²) in [7, 11) is -3.10. The number of sulfonamides is 1. The molecule has 46 heavy (non-hydrogen) atoms. The smallest absolute Gasteiger partial charge is 0.335 e. The van der Waals surface area contributed by atoms with Crippen LogP contribution in [0, 0.1) is 11.6 Å². The lowest BCUT2D eigenvalue weighted by Crippen LogP contribution is -2.43. The first-order valence-corrected chi connectivity index (χ1v) is 15.9. The number of hydrogen-bond donors (Lipinski definition) is 1. The highest BCUT2D eigenvalue weighted by molar-refractivity contribution is 7.92. The normalized spacial score (nSPS) is 14.8. The first kappa shape index (κ1) is 32.6. The second-order valence-corrected chi connectivity index (χ2v) is 12.8. The van der Waals surface area contributed by atoms with Gasteiger partial charge in [-0.3, -0.25) is 9.10 Å². The molecule has 238 valence electrons. The zero-order chi connectivity index (χ0) is 33.2. The molecule has 1 N–H and O–H groups in total. The lowest BCUT2D eigenvalue weighted by Gasteiger charge is -2.35. The molecule has 4 aromatic carbocycles. The molecule has 0 aliphatic carbocycles. The molecule has 0 radical (unpaired) electrons. The number of Topliss-reactive ketones (excluding diaryl/α,β-unsaturated/α-hetero) is 1. The maximum absolute atomic E-state index is 14.6. The van der Waals surface area contributed by atoms with E-state index in [2.05, 4.69) is 0 Å². The fourth-order valence-corrected chi connectivity index (χ4v) is 7.01. The maximum Gasteiger partial charge on any atom is 0.335 e. The van der Waals surface area contributed by atoms with Gasteiger partial charge in [-0.15, -0.1) is 0 Å². The number of fused-ring (bicyclic) bond motifs is 1. The molecule has 12 heteroatoms. The van der Waals surface area contributed by atoms with Gasteiger partial charge in [0.15, 0.2) is 17.3 Å². The van der Waals surface area contributed by atoms with Gasteiger partial charge in [0.05, 0.1) is 34.8 Å². The molecule has 4 aromatic rings. The van der Waals surface area contributed by atoms with Crippen molar-refractivity contribution in [2.75, 3.05) is 18.0 Å². The molecule has 5 rings (SSSR count). The average Bonchev–Trinajstić information content (AvgIpc) is 3.03. The highest BCUT2D eigenvalue weighted by Crippen LogP contribution is 2.40. The maximum atomic E-state index is 14.6. The number of benzene rings is 4. The molecule has 0 bridgehead atoms. The lowest BCUT2D eigenvalue weighted by atomic mass is 10.0. The van der Waals surface area contributed by atoms with Gasteiger partial charge in [0, 0.05) is 23.6 Å². The molecule has 0 amide bonds. The number of halogens is 3. The Morgan fingerprint density at radius 3 is 2.48 bits per heavy atom. The first-order valence-electron chi connectivity index (χ1n) is 14.0. The van der Waals surface area contributed by atoms with Crippen molar-refractivity contribution in [1.82, 2.24) is 0 Å². The number of anilines is 1. The number of rotatable bonds is 10. The topological polar surface area (TPSA) is 110 Å². The zero-order valence-corrected chi connectivity index (χ0v) is 26.2. The predicted octanol–water partition coefficient (Wildman–Crippen LogP) is 7.50. The minimum atomic E-state index is -4.32. The Morgan fingerprint density at radius 1 is 1.02 bits per heavy atom. The fraction of sp³-hybridized carbons (Fsp3) is 0.176. The Morgan fingerprint density at radius 2 is 1.76 bits per heavy atom. The summed E-state index contributed by atoms with van der Waals surface area (Å²) >= 11 is 6.25. The lowest BCUT2D eigenvalue weighted by molar-refractivity contribution is 0.0696. The number of ether oxygens (including phenoxy) is 2. The average molecular weight is 668 g/mol. The summed E-state index contributed by atoms with van der Waals surface area (Å²) < 4.78 is 69.2. The number of allylic oxidation sites excluding steroid dienone is 1. The summed E-state index contributed by atoms with van der Waals surface area (Å²) in [6.45, 7) is 1.49. The van der Waals surface area contributed by atoms with E-state index in [0.717, 1.165) is 22.5 Å². The van der Waals surface area contributed by atoms with Gasteiger partial charge in [-0.25, -0.2) is 22.0 Å². The van der Waals surface area contributed by atoms with E-state index < -0.39 is 33.7 Å². The number of carboxylic acids is 1. The van der Waals surface area contributed by atoms with Gasteiger partial charge in [0.25, 0.3) is 10.0 Å². The molecule has 0 saturated carbocycles. The summed E-state index contributed by atoms with van der Waals surface area (Å²) in [5, 5.41) is 9.49. The summed E-state index contributed by atoms with van der Waals surface area (Å²) in [5.41, 5.74) is 1.60.